The summed E-state index contributed by atoms with van der Waals surface area (Å²) in [4.78, 5) is 26.9. The number of pyridine rings is 1. The number of aliphatic carboxylic acids is 1. The van der Waals surface area contributed by atoms with Crippen LogP contribution >= 0.6 is 15.9 Å². The molecule has 1 aromatic heterocycles. The average molecular weight is 313 g/mol. The fourth-order valence-corrected chi connectivity index (χ4v) is 2.42. The highest BCUT2D eigenvalue weighted by atomic mass is 79.9. The lowest BCUT2D eigenvalue weighted by Crippen LogP contribution is -2.40. The van der Waals surface area contributed by atoms with Crippen LogP contribution in [0.4, 0.5) is 0 Å². The van der Waals surface area contributed by atoms with Gasteiger partial charge < -0.3 is 10.4 Å². The Morgan fingerprint density at radius 1 is 1.39 bits per heavy atom. The Kier molecular flexibility index (Phi) is 3.96. The Morgan fingerprint density at radius 2 is 2.17 bits per heavy atom. The first-order valence-corrected chi connectivity index (χ1v) is 6.52. The lowest BCUT2D eigenvalue weighted by Gasteiger charge is -2.17. The van der Waals surface area contributed by atoms with Crippen molar-refractivity contribution in [3.05, 3.63) is 28.5 Å². The van der Waals surface area contributed by atoms with Gasteiger partial charge in [0.25, 0.3) is 5.91 Å². The van der Waals surface area contributed by atoms with Crippen molar-refractivity contribution in [1.82, 2.24) is 10.3 Å². The summed E-state index contributed by atoms with van der Waals surface area (Å²) in [5.74, 6) is -1.65. The molecule has 96 valence electrons. The molecule has 1 aliphatic carbocycles. The molecule has 0 unspecified atom stereocenters. The largest absolute Gasteiger partial charge is 0.481 e. The lowest BCUT2D eigenvalue weighted by atomic mass is 10.0. The maximum atomic E-state index is 11.9. The van der Waals surface area contributed by atoms with E-state index in [1.54, 1.807) is 12.1 Å². The maximum Gasteiger partial charge on any atom is 0.308 e. The maximum absolute atomic E-state index is 11.9. The highest BCUT2D eigenvalue weighted by Crippen LogP contribution is 2.26. The molecule has 1 fully saturated rings. The SMILES string of the molecule is O=C(N[C@H]1CCC[C@H]1C(=O)O)c1ccc(Br)cn1. The van der Waals surface area contributed by atoms with Crippen LogP contribution in [0.15, 0.2) is 22.8 Å². The number of nitrogens with zero attached hydrogens (tertiary/aromatic N) is 1. The van der Waals surface area contributed by atoms with Gasteiger partial charge >= 0.3 is 5.97 Å². The van der Waals surface area contributed by atoms with Crippen LogP contribution in [-0.2, 0) is 4.79 Å². The molecule has 1 amide bonds. The zero-order valence-electron chi connectivity index (χ0n) is 9.60. The predicted octanol–water partition coefficient (Wildman–Crippen LogP) is 1.83. The van der Waals surface area contributed by atoms with Crippen LogP contribution in [0.5, 0.6) is 0 Å². The molecular formula is C12H13BrN2O3. The second-order valence-corrected chi connectivity index (χ2v) is 5.23. The van der Waals surface area contributed by atoms with Crippen molar-refractivity contribution in [1.29, 1.82) is 0 Å². The zero-order chi connectivity index (χ0) is 13.1. The van der Waals surface area contributed by atoms with Gasteiger partial charge in [0.15, 0.2) is 0 Å². The van der Waals surface area contributed by atoms with Crippen LogP contribution in [0.2, 0.25) is 0 Å². The van der Waals surface area contributed by atoms with E-state index in [1.165, 1.54) is 6.20 Å². The number of carboxylic acid groups (broad SMARTS) is 1. The number of halogens is 1. The van der Waals surface area contributed by atoms with Gasteiger partial charge in [0.05, 0.1) is 5.92 Å². The molecule has 2 N–H and O–H groups in total. The molecule has 0 aliphatic heterocycles. The molecule has 1 aliphatic rings. The van der Waals surface area contributed by atoms with Crippen molar-refractivity contribution in [3.8, 4) is 0 Å². The van der Waals surface area contributed by atoms with Gasteiger partial charge in [0, 0.05) is 16.7 Å². The smallest absolute Gasteiger partial charge is 0.308 e. The van der Waals surface area contributed by atoms with Crippen LogP contribution < -0.4 is 5.32 Å². The fourth-order valence-electron chi connectivity index (χ4n) is 2.18. The van der Waals surface area contributed by atoms with Crippen LogP contribution in [0.3, 0.4) is 0 Å². The van der Waals surface area contributed by atoms with Crippen LogP contribution in [0.25, 0.3) is 0 Å². The molecule has 18 heavy (non-hydrogen) atoms. The Hall–Kier alpha value is -1.43. The normalized spacial score (nSPS) is 22.7. The zero-order valence-corrected chi connectivity index (χ0v) is 11.2. The van der Waals surface area contributed by atoms with E-state index in [-0.39, 0.29) is 11.9 Å². The predicted molar refractivity (Wildman–Crippen MR) is 68.2 cm³/mol. The van der Waals surface area contributed by atoms with Gasteiger partial charge in [0.2, 0.25) is 0 Å². The van der Waals surface area contributed by atoms with Crippen LogP contribution in [0, 0.1) is 5.92 Å². The first-order chi connectivity index (χ1) is 8.58. The fraction of sp³-hybridized carbons (Fsp3) is 0.417. The van der Waals surface area contributed by atoms with E-state index in [4.69, 9.17) is 5.11 Å². The third kappa shape index (κ3) is 2.87. The Balaban J connectivity index is 2.03. The number of amides is 1. The van der Waals surface area contributed by atoms with Crippen LogP contribution in [-0.4, -0.2) is 28.0 Å². The summed E-state index contributed by atoms with van der Waals surface area (Å²) < 4.78 is 0.795. The standard InChI is InChI=1S/C12H13BrN2O3/c13-7-4-5-10(14-6-7)11(16)15-9-3-1-2-8(9)12(17)18/h4-6,8-9H,1-3H2,(H,15,16)(H,17,18)/t8-,9+/m1/s1. The molecule has 0 aromatic carbocycles. The molecule has 1 aromatic rings. The van der Waals surface area contributed by atoms with Crippen molar-refractivity contribution in [2.75, 3.05) is 0 Å². The van der Waals surface area contributed by atoms with Crippen molar-refractivity contribution in [2.24, 2.45) is 5.92 Å². The van der Waals surface area contributed by atoms with E-state index in [2.05, 4.69) is 26.2 Å². The van der Waals surface area contributed by atoms with Crippen molar-refractivity contribution in [2.45, 2.75) is 25.3 Å². The van der Waals surface area contributed by atoms with Gasteiger partial charge in [-0.1, -0.05) is 6.42 Å². The molecule has 5 nitrogen and oxygen atoms in total. The number of nitrogens with one attached hydrogen (secondary N) is 1. The highest BCUT2D eigenvalue weighted by molar-refractivity contribution is 9.10. The second kappa shape index (κ2) is 5.48. The number of carbonyl (C=O) groups excluding carboxylic acids is 1. The van der Waals surface area contributed by atoms with Gasteiger partial charge in [-0.25, -0.2) is 4.98 Å². The van der Waals surface area contributed by atoms with Gasteiger partial charge in [-0.15, -0.1) is 0 Å². The summed E-state index contributed by atoms with van der Waals surface area (Å²) in [6.45, 7) is 0. The Bertz CT molecular complexity index is 461. The molecule has 0 saturated heterocycles. The number of hydrogen-bond acceptors (Lipinski definition) is 3. The first-order valence-electron chi connectivity index (χ1n) is 5.73. The first kappa shape index (κ1) is 13.0. The summed E-state index contributed by atoms with van der Waals surface area (Å²) in [6, 6.07) is 3.04. The number of carboxylic acids is 1. The Labute approximate surface area is 113 Å². The summed E-state index contributed by atoms with van der Waals surface area (Å²) >= 11 is 3.24. The number of carbonyl (C=O) groups is 2. The summed E-state index contributed by atoms with van der Waals surface area (Å²) in [5.41, 5.74) is 0.300. The third-order valence-electron chi connectivity index (χ3n) is 3.11. The molecule has 1 saturated carbocycles. The molecular weight excluding hydrogens is 300 g/mol. The topological polar surface area (TPSA) is 79.3 Å². The number of hydrogen-bond donors (Lipinski definition) is 2. The third-order valence-corrected chi connectivity index (χ3v) is 3.58. The van der Waals surface area contributed by atoms with Crippen LogP contribution in [0.1, 0.15) is 29.8 Å². The molecule has 1 heterocycles. The minimum atomic E-state index is -0.846. The lowest BCUT2D eigenvalue weighted by molar-refractivity contribution is -0.142. The van der Waals surface area contributed by atoms with E-state index in [0.717, 1.165) is 10.9 Å². The molecule has 0 radical (unpaired) electrons. The number of rotatable bonds is 3. The molecule has 2 atom stereocenters. The van der Waals surface area contributed by atoms with E-state index in [9.17, 15) is 9.59 Å². The summed E-state index contributed by atoms with van der Waals surface area (Å²) in [7, 11) is 0. The van der Waals surface area contributed by atoms with E-state index in [0.29, 0.717) is 18.5 Å². The van der Waals surface area contributed by atoms with Gasteiger partial charge in [0.1, 0.15) is 5.69 Å². The van der Waals surface area contributed by atoms with Gasteiger partial charge in [-0.3, -0.25) is 9.59 Å². The van der Waals surface area contributed by atoms with Gasteiger partial charge in [-0.05, 0) is 40.9 Å². The van der Waals surface area contributed by atoms with E-state index >= 15 is 0 Å². The van der Waals surface area contributed by atoms with E-state index in [1.807, 2.05) is 0 Å². The van der Waals surface area contributed by atoms with Crippen molar-refractivity contribution >= 4 is 27.8 Å². The molecule has 2 rings (SSSR count). The minimum Gasteiger partial charge on any atom is -0.481 e. The monoisotopic (exact) mass is 312 g/mol. The summed E-state index contributed by atoms with van der Waals surface area (Å²) in [6.07, 6.45) is 3.70. The quantitative estimate of drug-likeness (QED) is 0.892. The molecule has 0 bridgehead atoms. The highest BCUT2D eigenvalue weighted by Gasteiger charge is 2.34. The number of aromatic nitrogens is 1. The van der Waals surface area contributed by atoms with Crippen molar-refractivity contribution in [3.63, 3.8) is 0 Å². The minimum absolute atomic E-state index is 0.291. The molecule has 0 spiro atoms. The van der Waals surface area contributed by atoms with Crippen molar-refractivity contribution < 1.29 is 14.7 Å². The van der Waals surface area contributed by atoms with E-state index < -0.39 is 11.9 Å². The summed E-state index contributed by atoms with van der Waals surface area (Å²) in [5, 5.41) is 11.8. The average Bonchev–Trinajstić information content (AvgIpc) is 2.78. The Morgan fingerprint density at radius 3 is 2.78 bits per heavy atom. The van der Waals surface area contributed by atoms with Gasteiger partial charge in [-0.2, -0.15) is 0 Å². The molecule has 6 heteroatoms. The second-order valence-electron chi connectivity index (χ2n) is 4.32.